The minimum absolute atomic E-state index is 0.238. The van der Waals surface area contributed by atoms with Gasteiger partial charge in [0.05, 0.1) is 50.4 Å². The van der Waals surface area contributed by atoms with E-state index in [0.29, 0.717) is 57.8 Å². The molecule has 1 N–H and O–H groups in total. The van der Waals surface area contributed by atoms with Crippen LogP contribution < -0.4 is 29.8 Å². The van der Waals surface area contributed by atoms with Crippen molar-refractivity contribution in [2.24, 2.45) is 0 Å². The summed E-state index contributed by atoms with van der Waals surface area (Å²) in [4.78, 5) is 32.1. The molecule has 0 saturated carbocycles. The lowest BCUT2D eigenvalue weighted by atomic mass is 10.1. The van der Waals surface area contributed by atoms with Gasteiger partial charge in [-0.3, -0.25) is 14.0 Å². The van der Waals surface area contributed by atoms with Crippen molar-refractivity contribution in [2.75, 3.05) is 35.0 Å². The van der Waals surface area contributed by atoms with Crippen molar-refractivity contribution >= 4 is 44.0 Å². The highest BCUT2D eigenvalue weighted by atomic mass is 16.5. The van der Waals surface area contributed by atoms with Gasteiger partial charge in [-0.05, 0) is 48.4 Å². The number of benzene rings is 3. The Morgan fingerprint density at radius 1 is 0.825 bits per heavy atom. The summed E-state index contributed by atoms with van der Waals surface area (Å²) in [5, 5.41) is 5.54. The van der Waals surface area contributed by atoms with Gasteiger partial charge in [0.15, 0.2) is 23.0 Å². The molecule has 6 rings (SSSR count). The molecule has 0 atom stereocenters. The highest BCUT2D eigenvalue weighted by Gasteiger charge is 2.24. The molecule has 0 spiro atoms. The number of aromatic nitrogens is 2. The van der Waals surface area contributed by atoms with Gasteiger partial charge in [-0.1, -0.05) is 24.3 Å². The molecule has 3 heterocycles. The molecule has 3 aromatic heterocycles. The van der Waals surface area contributed by atoms with Gasteiger partial charge in [-0.2, -0.15) is 0 Å². The number of fused-ring (bicyclic) bond motifs is 5. The maximum Gasteiger partial charge on any atom is 0.269 e. The fraction of sp³-hybridized carbons (Fsp3) is 0.194. The first-order valence-electron chi connectivity index (χ1n) is 12.7. The number of carbonyl (C=O) groups is 1. The lowest BCUT2D eigenvalue weighted by Crippen LogP contribution is -2.26. The number of carbonyl (C=O) groups excluding carboxylic acids is 1. The van der Waals surface area contributed by atoms with Crippen LogP contribution in [0.5, 0.6) is 23.0 Å². The summed E-state index contributed by atoms with van der Waals surface area (Å²) < 4.78 is 23.4. The van der Waals surface area contributed by atoms with E-state index in [2.05, 4.69) is 5.32 Å². The first-order valence-corrected chi connectivity index (χ1v) is 12.7. The van der Waals surface area contributed by atoms with Crippen LogP contribution in [0.4, 0.5) is 0 Å². The first-order chi connectivity index (χ1) is 19.5. The minimum Gasteiger partial charge on any atom is -0.493 e. The van der Waals surface area contributed by atoms with E-state index in [4.69, 9.17) is 23.9 Å². The summed E-state index contributed by atoms with van der Waals surface area (Å²) in [7, 11) is 6.20. The Labute approximate surface area is 229 Å². The third kappa shape index (κ3) is 3.81. The fourth-order valence-corrected chi connectivity index (χ4v) is 5.40. The Hall–Kier alpha value is -5.05. The van der Waals surface area contributed by atoms with Crippen molar-refractivity contribution in [3.63, 3.8) is 0 Å². The monoisotopic (exact) mass is 537 g/mol. The van der Waals surface area contributed by atoms with Gasteiger partial charge in [-0.15, -0.1) is 0 Å². The summed E-state index contributed by atoms with van der Waals surface area (Å²) in [5.41, 5.74) is 2.94. The number of ether oxygens (including phenoxy) is 4. The Morgan fingerprint density at radius 2 is 1.57 bits per heavy atom. The van der Waals surface area contributed by atoms with E-state index in [1.54, 1.807) is 36.8 Å². The summed E-state index contributed by atoms with van der Waals surface area (Å²) >= 11 is 0. The molecule has 202 valence electrons. The molecular weight excluding hydrogens is 510 g/mol. The molecule has 0 aliphatic heterocycles. The Morgan fingerprint density at radius 3 is 2.33 bits per heavy atom. The molecule has 0 aliphatic carbocycles. The molecule has 3 aromatic carbocycles. The van der Waals surface area contributed by atoms with Crippen LogP contribution in [0.2, 0.25) is 0 Å². The summed E-state index contributed by atoms with van der Waals surface area (Å²) in [6.45, 7) is 0.394. The van der Waals surface area contributed by atoms with Gasteiger partial charge in [0.2, 0.25) is 0 Å². The molecule has 0 radical (unpaired) electrons. The van der Waals surface area contributed by atoms with Crippen LogP contribution in [-0.2, 0) is 6.42 Å². The van der Waals surface area contributed by atoms with Crippen molar-refractivity contribution in [1.29, 1.82) is 0 Å². The van der Waals surface area contributed by atoms with Gasteiger partial charge in [0.1, 0.15) is 5.69 Å². The number of hydrogen-bond acceptors (Lipinski definition) is 7. The fourth-order valence-electron chi connectivity index (χ4n) is 5.40. The molecule has 0 bridgehead atoms. The van der Waals surface area contributed by atoms with Crippen molar-refractivity contribution in [1.82, 2.24) is 14.7 Å². The lowest BCUT2D eigenvalue weighted by Gasteiger charge is -2.13. The molecule has 0 unspecified atom stereocenters. The standard InChI is InChI=1S/C31H27N3O6/c1-37-23-11-9-17(15-25(23)39-3)13-14-32-30(35)21-16-20-18-7-5-6-8-22(18)34-28(20)27(33-21)19-10-12-24(38-2)29(40-4)26(19)31(34)36/h5-12,15-16H,13-14H2,1-4H3,(H,32,35). The minimum atomic E-state index is -0.311. The van der Waals surface area contributed by atoms with Crippen LogP contribution in [0.3, 0.4) is 0 Å². The molecule has 0 fully saturated rings. The van der Waals surface area contributed by atoms with Gasteiger partial charge < -0.3 is 24.3 Å². The normalized spacial score (nSPS) is 11.4. The Bertz CT molecular complexity index is 1980. The number of nitrogens with zero attached hydrogens (tertiary/aromatic N) is 2. The summed E-state index contributed by atoms with van der Waals surface area (Å²) in [5.74, 6) is 1.74. The van der Waals surface area contributed by atoms with E-state index in [0.717, 1.165) is 21.9 Å². The Kier molecular flexibility index (Phi) is 6.26. The third-order valence-corrected chi connectivity index (χ3v) is 7.25. The SMILES string of the molecule is COc1ccc(CCNC(=O)c2cc3c4ccccc4n4c(=O)c5c(OC)c(OC)ccc5c(n2)c34)cc1OC. The van der Waals surface area contributed by atoms with Gasteiger partial charge in [0, 0.05) is 22.7 Å². The van der Waals surface area contributed by atoms with Crippen LogP contribution in [0, 0.1) is 0 Å². The molecule has 9 heteroatoms. The smallest absolute Gasteiger partial charge is 0.269 e. The molecule has 9 nitrogen and oxygen atoms in total. The van der Waals surface area contributed by atoms with E-state index >= 15 is 0 Å². The number of methoxy groups -OCH3 is 4. The highest BCUT2D eigenvalue weighted by molar-refractivity contribution is 6.21. The van der Waals surface area contributed by atoms with Gasteiger partial charge in [-0.25, -0.2) is 4.98 Å². The number of amides is 1. The van der Waals surface area contributed by atoms with Crippen LogP contribution in [0.15, 0.2) is 65.5 Å². The average molecular weight is 538 g/mol. The largest absolute Gasteiger partial charge is 0.493 e. The number of pyridine rings is 2. The molecule has 6 aromatic rings. The second-order valence-corrected chi connectivity index (χ2v) is 9.33. The van der Waals surface area contributed by atoms with Crippen molar-refractivity contribution in [3.05, 3.63) is 82.3 Å². The van der Waals surface area contributed by atoms with Gasteiger partial charge >= 0.3 is 0 Å². The zero-order valence-corrected chi connectivity index (χ0v) is 22.5. The third-order valence-electron chi connectivity index (χ3n) is 7.25. The van der Waals surface area contributed by atoms with Crippen molar-refractivity contribution in [2.45, 2.75) is 6.42 Å². The predicted octanol–water partition coefficient (Wildman–Crippen LogP) is 4.60. The molecule has 40 heavy (non-hydrogen) atoms. The number of hydrogen-bond donors (Lipinski definition) is 1. The summed E-state index contributed by atoms with van der Waals surface area (Å²) in [6.07, 6.45) is 0.592. The number of para-hydroxylation sites is 1. The van der Waals surface area contributed by atoms with Crippen LogP contribution in [0.1, 0.15) is 16.1 Å². The van der Waals surface area contributed by atoms with Gasteiger partial charge in [0.25, 0.3) is 11.5 Å². The molecular formula is C31H27N3O6. The Balaban J connectivity index is 1.46. The maximum absolute atomic E-state index is 13.9. The van der Waals surface area contributed by atoms with E-state index in [9.17, 15) is 9.59 Å². The maximum atomic E-state index is 13.9. The molecule has 0 saturated heterocycles. The predicted molar refractivity (Wildman–Crippen MR) is 154 cm³/mol. The van der Waals surface area contributed by atoms with Crippen LogP contribution in [0.25, 0.3) is 38.1 Å². The van der Waals surface area contributed by atoms with E-state index in [1.807, 2.05) is 42.5 Å². The second kappa shape index (κ2) is 9.92. The molecule has 0 aliphatic rings. The van der Waals surface area contributed by atoms with E-state index in [1.165, 1.54) is 14.2 Å². The first kappa shape index (κ1) is 25.2. The topological polar surface area (TPSA) is 100 Å². The number of rotatable bonds is 8. The van der Waals surface area contributed by atoms with Crippen LogP contribution >= 0.6 is 0 Å². The zero-order chi connectivity index (χ0) is 28.0. The van der Waals surface area contributed by atoms with Crippen molar-refractivity contribution < 1.29 is 23.7 Å². The zero-order valence-electron chi connectivity index (χ0n) is 22.5. The molecule has 1 amide bonds. The highest BCUT2D eigenvalue weighted by Crippen LogP contribution is 2.39. The van der Waals surface area contributed by atoms with E-state index in [-0.39, 0.29) is 17.2 Å². The summed E-state index contributed by atoms with van der Waals surface area (Å²) in [6, 6.07) is 18.6. The number of nitrogens with one attached hydrogen (secondary N) is 1. The lowest BCUT2D eigenvalue weighted by molar-refractivity contribution is 0.0949. The van der Waals surface area contributed by atoms with Crippen LogP contribution in [-0.4, -0.2) is 50.3 Å². The van der Waals surface area contributed by atoms with E-state index < -0.39 is 0 Å². The average Bonchev–Trinajstić information content (AvgIpc) is 3.33. The van der Waals surface area contributed by atoms with Crippen molar-refractivity contribution in [3.8, 4) is 23.0 Å². The second-order valence-electron chi connectivity index (χ2n) is 9.33. The quantitative estimate of drug-likeness (QED) is 0.283.